The average Bonchev–Trinajstić information content (AvgIpc) is 3.31. The third kappa shape index (κ3) is 3.27. The summed E-state index contributed by atoms with van der Waals surface area (Å²) in [6.45, 7) is 4.45. The van der Waals surface area contributed by atoms with Gasteiger partial charge in [0.15, 0.2) is 0 Å². The van der Waals surface area contributed by atoms with Gasteiger partial charge in [-0.3, -0.25) is 9.97 Å². The number of aromatic nitrogens is 2. The van der Waals surface area contributed by atoms with Crippen LogP contribution in [0.4, 0.5) is 4.39 Å². The van der Waals surface area contributed by atoms with Gasteiger partial charge in [-0.1, -0.05) is 12.1 Å². The van der Waals surface area contributed by atoms with Crippen LogP contribution in [0.25, 0.3) is 0 Å². The number of benzene rings is 1. The number of nitrogens with one attached hydrogen (secondary N) is 1. The zero-order chi connectivity index (χ0) is 14.8. The molecule has 1 aromatic heterocycles. The Balaban J connectivity index is 1.66. The van der Waals surface area contributed by atoms with E-state index >= 15 is 0 Å². The smallest absolute Gasteiger partial charge is 0.127 e. The van der Waals surface area contributed by atoms with Gasteiger partial charge in [0.1, 0.15) is 5.82 Å². The molecule has 1 N–H and O–H groups in total. The fraction of sp³-hybridized carbons (Fsp3) is 0.412. The molecule has 110 valence electrons. The number of hydrogen-bond donors (Lipinski definition) is 1. The van der Waals surface area contributed by atoms with Crippen LogP contribution in [0.15, 0.2) is 30.6 Å². The van der Waals surface area contributed by atoms with E-state index in [1.165, 1.54) is 12.8 Å². The normalized spacial score (nSPS) is 16.0. The molecular weight excluding hydrogens is 265 g/mol. The molecule has 0 radical (unpaired) electrons. The summed E-state index contributed by atoms with van der Waals surface area (Å²) in [6.07, 6.45) is 5.76. The average molecular weight is 285 g/mol. The standard InChI is InChI=1S/C17H20FN3/c1-11-17(20-8-7-19-11)12(2)21-10-15-6-5-14(9-16(15)18)13-3-4-13/h5-9,12-13,21H,3-4,10H2,1-2H3/t12-/m0/s1. The summed E-state index contributed by atoms with van der Waals surface area (Å²) < 4.78 is 14.1. The molecule has 1 aliphatic carbocycles. The van der Waals surface area contributed by atoms with Gasteiger partial charge in [-0.25, -0.2) is 4.39 Å². The van der Waals surface area contributed by atoms with Gasteiger partial charge >= 0.3 is 0 Å². The molecule has 0 aliphatic heterocycles. The molecule has 4 heteroatoms. The van der Waals surface area contributed by atoms with Crippen LogP contribution in [0.2, 0.25) is 0 Å². The second-order valence-corrected chi connectivity index (χ2v) is 5.75. The molecule has 3 nitrogen and oxygen atoms in total. The lowest BCUT2D eigenvalue weighted by Gasteiger charge is -2.15. The maximum atomic E-state index is 14.1. The second-order valence-electron chi connectivity index (χ2n) is 5.75. The summed E-state index contributed by atoms with van der Waals surface area (Å²) in [5, 5.41) is 3.32. The molecule has 0 amide bonds. The van der Waals surface area contributed by atoms with E-state index in [9.17, 15) is 4.39 Å². The molecule has 0 spiro atoms. The first kappa shape index (κ1) is 14.1. The van der Waals surface area contributed by atoms with Crippen molar-refractivity contribution in [2.24, 2.45) is 0 Å². The topological polar surface area (TPSA) is 37.8 Å². The van der Waals surface area contributed by atoms with E-state index in [1.807, 2.05) is 19.9 Å². The molecule has 21 heavy (non-hydrogen) atoms. The summed E-state index contributed by atoms with van der Waals surface area (Å²) in [7, 11) is 0. The number of rotatable bonds is 5. The van der Waals surface area contributed by atoms with Crippen molar-refractivity contribution in [1.82, 2.24) is 15.3 Å². The van der Waals surface area contributed by atoms with Crippen molar-refractivity contribution in [3.8, 4) is 0 Å². The quantitative estimate of drug-likeness (QED) is 0.911. The summed E-state index contributed by atoms with van der Waals surface area (Å²) in [4.78, 5) is 8.57. The zero-order valence-electron chi connectivity index (χ0n) is 12.4. The molecular formula is C17H20FN3. The summed E-state index contributed by atoms with van der Waals surface area (Å²) >= 11 is 0. The van der Waals surface area contributed by atoms with Crippen LogP contribution in [0.1, 0.15) is 54.2 Å². The lowest BCUT2D eigenvalue weighted by molar-refractivity contribution is 0.531. The number of hydrogen-bond acceptors (Lipinski definition) is 3. The maximum Gasteiger partial charge on any atom is 0.127 e. The minimum Gasteiger partial charge on any atom is -0.305 e. The van der Waals surface area contributed by atoms with Crippen LogP contribution >= 0.6 is 0 Å². The minimum atomic E-state index is -0.116. The van der Waals surface area contributed by atoms with Crippen molar-refractivity contribution >= 4 is 0 Å². The van der Waals surface area contributed by atoms with E-state index in [0.29, 0.717) is 18.0 Å². The fourth-order valence-corrected chi connectivity index (χ4v) is 2.58. The zero-order valence-corrected chi connectivity index (χ0v) is 12.4. The Morgan fingerprint density at radius 3 is 2.71 bits per heavy atom. The van der Waals surface area contributed by atoms with Gasteiger partial charge in [0.05, 0.1) is 11.4 Å². The number of halogens is 1. The van der Waals surface area contributed by atoms with Crippen molar-refractivity contribution < 1.29 is 4.39 Å². The Kier molecular flexibility index (Phi) is 3.97. The van der Waals surface area contributed by atoms with Gasteiger partial charge in [-0.15, -0.1) is 0 Å². The first-order valence-electron chi connectivity index (χ1n) is 7.44. The molecule has 1 aliphatic rings. The summed E-state index contributed by atoms with van der Waals surface area (Å²) in [6, 6.07) is 5.68. The molecule has 1 heterocycles. The Hall–Kier alpha value is -1.81. The van der Waals surface area contributed by atoms with Crippen LogP contribution in [0.3, 0.4) is 0 Å². The molecule has 1 aromatic carbocycles. The van der Waals surface area contributed by atoms with Crippen LogP contribution in [-0.2, 0) is 6.54 Å². The Labute approximate surface area is 124 Å². The first-order valence-corrected chi connectivity index (χ1v) is 7.44. The van der Waals surface area contributed by atoms with Gasteiger partial charge in [-0.2, -0.15) is 0 Å². The van der Waals surface area contributed by atoms with Gasteiger partial charge in [0.2, 0.25) is 0 Å². The van der Waals surface area contributed by atoms with Gasteiger partial charge in [0, 0.05) is 30.5 Å². The Morgan fingerprint density at radius 2 is 2.05 bits per heavy atom. The van der Waals surface area contributed by atoms with Crippen LogP contribution in [0.5, 0.6) is 0 Å². The van der Waals surface area contributed by atoms with E-state index in [0.717, 1.165) is 17.0 Å². The summed E-state index contributed by atoms with van der Waals surface area (Å²) in [5.41, 5.74) is 3.65. The molecule has 1 atom stereocenters. The largest absolute Gasteiger partial charge is 0.305 e. The predicted molar refractivity (Wildman–Crippen MR) is 80.4 cm³/mol. The highest BCUT2D eigenvalue weighted by atomic mass is 19.1. The highest BCUT2D eigenvalue weighted by Gasteiger charge is 2.24. The van der Waals surface area contributed by atoms with Gasteiger partial charge < -0.3 is 5.32 Å². The molecule has 1 saturated carbocycles. The fourth-order valence-electron chi connectivity index (χ4n) is 2.58. The lowest BCUT2D eigenvalue weighted by Crippen LogP contribution is -2.21. The lowest BCUT2D eigenvalue weighted by atomic mass is 10.1. The van der Waals surface area contributed by atoms with Crippen molar-refractivity contribution in [3.63, 3.8) is 0 Å². The first-order chi connectivity index (χ1) is 10.1. The van der Waals surface area contributed by atoms with E-state index in [-0.39, 0.29) is 11.9 Å². The van der Waals surface area contributed by atoms with Crippen molar-refractivity contribution in [2.45, 2.75) is 45.2 Å². The highest BCUT2D eigenvalue weighted by molar-refractivity contribution is 5.29. The number of nitrogens with zero attached hydrogens (tertiary/aromatic N) is 2. The van der Waals surface area contributed by atoms with Crippen molar-refractivity contribution in [1.29, 1.82) is 0 Å². The molecule has 2 aromatic rings. The SMILES string of the molecule is Cc1nccnc1[C@H](C)NCc1ccc(C2CC2)cc1F. The third-order valence-electron chi connectivity index (χ3n) is 4.05. The molecule has 1 fully saturated rings. The van der Waals surface area contributed by atoms with E-state index in [1.54, 1.807) is 18.5 Å². The van der Waals surface area contributed by atoms with Crippen LogP contribution < -0.4 is 5.32 Å². The predicted octanol–water partition coefficient (Wildman–Crippen LogP) is 3.65. The molecule has 0 saturated heterocycles. The monoisotopic (exact) mass is 285 g/mol. The van der Waals surface area contributed by atoms with E-state index in [2.05, 4.69) is 21.4 Å². The molecule has 0 bridgehead atoms. The van der Waals surface area contributed by atoms with Crippen molar-refractivity contribution in [3.05, 3.63) is 58.9 Å². The second kappa shape index (κ2) is 5.90. The van der Waals surface area contributed by atoms with E-state index in [4.69, 9.17) is 0 Å². The van der Waals surface area contributed by atoms with Crippen molar-refractivity contribution in [2.75, 3.05) is 0 Å². The van der Waals surface area contributed by atoms with E-state index < -0.39 is 0 Å². The van der Waals surface area contributed by atoms with Crippen LogP contribution in [0, 0.1) is 12.7 Å². The maximum absolute atomic E-state index is 14.1. The third-order valence-corrected chi connectivity index (χ3v) is 4.05. The Morgan fingerprint density at radius 1 is 1.29 bits per heavy atom. The summed E-state index contributed by atoms with van der Waals surface area (Å²) in [5.74, 6) is 0.470. The van der Waals surface area contributed by atoms with Gasteiger partial charge in [0.25, 0.3) is 0 Å². The highest BCUT2D eigenvalue weighted by Crippen LogP contribution is 2.40. The van der Waals surface area contributed by atoms with Crippen LogP contribution in [-0.4, -0.2) is 9.97 Å². The Bertz CT molecular complexity index is 638. The van der Waals surface area contributed by atoms with Gasteiger partial charge in [-0.05, 0) is 44.2 Å². The minimum absolute atomic E-state index is 0.0428. The molecule has 0 unspecified atom stereocenters. The number of aryl methyl sites for hydroxylation is 1. The molecule has 3 rings (SSSR count).